The molecule has 0 fully saturated rings. The van der Waals surface area contributed by atoms with E-state index in [9.17, 15) is 19.2 Å². The highest BCUT2D eigenvalue weighted by Crippen LogP contribution is 2.31. The van der Waals surface area contributed by atoms with Gasteiger partial charge in [-0.15, -0.1) is 0 Å². The largest absolute Gasteiger partial charge is 0.366 e. The molecule has 312 valence electrons. The van der Waals surface area contributed by atoms with Crippen molar-refractivity contribution in [2.24, 2.45) is 5.73 Å². The van der Waals surface area contributed by atoms with E-state index < -0.39 is 5.91 Å². The summed E-state index contributed by atoms with van der Waals surface area (Å²) in [4.78, 5) is 66.7. The standard InChI is InChI=1S/C41H51N13O4.CH4/c1-7-53-36-28(26(3)48-53)14-9-8-10-21-54-33(22-25(2)47-54)38(57)45-41-44-35-31(50(6)34(55)24-49(4)5)15-13-16-32(35)52(41)20-12-11-19-51-30-18-17-27(37(42)56)23-29(30)43-40(51)46-39(36)58;/h13,15-18,22-23H,7-12,14,19-21,24H2,1-6H3,(H2,42,56)(H,43,46,58)(H,44,45,57);1H4. The van der Waals surface area contributed by atoms with Crippen LogP contribution >= 0.6 is 0 Å². The van der Waals surface area contributed by atoms with Crippen molar-refractivity contribution >= 4 is 63.3 Å². The maximum Gasteiger partial charge on any atom is 0.276 e. The quantitative estimate of drug-likeness (QED) is 0.205. The molecule has 7 rings (SSSR count). The number of likely N-dealkylation sites (N-methyl/N-ethyl adjacent to an activating group) is 2. The van der Waals surface area contributed by atoms with Gasteiger partial charge in [0, 0.05) is 44.4 Å². The Balaban J connectivity index is 0.00000585. The van der Waals surface area contributed by atoms with Gasteiger partial charge in [0.2, 0.25) is 23.7 Å². The summed E-state index contributed by atoms with van der Waals surface area (Å²) >= 11 is 0. The number of amides is 4. The molecule has 4 aromatic heterocycles. The second-order valence-corrected chi connectivity index (χ2v) is 15.1. The molecular formula is C42H55N13O4. The van der Waals surface area contributed by atoms with Crippen molar-refractivity contribution in [2.45, 2.75) is 92.9 Å². The predicted molar refractivity (Wildman–Crippen MR) is 229 cm³/mol. The number of hydrogen-bond donors (Lipinski definition) is 3. The topological polar surface area (TPSA) is 196 Å². The Hall–Kier alpha value is -6.36. The van der Waals surface area contributed by atoms with Gasteiger partial charge >= 0.3 is 0 Å². The first-order valence-corrected chi connectivity index (χ1v) is 19.8. The zero-order valence-electron chi connectivity index (χ0n) is 34.0. The summed E-state index contributed by atoms with van der Waals surface area (Å²) in [6, 6.07) is 12.5. The van der Waals surface area contributed by atoms with Crippen molar-refractivity contribution in [3.63, 3.8) is 0 Å². The molecule has 0 bridgehead atoms. The van der Waals surface area contributed by atoms with Crippen molar-refractivity contribution in [1.82, 2.24) is 43.6 Å². The number of fused-ring (bicyclic) bond motifs is 8. The molecule has 0 saturated heterocycles. The summed E-state index contributed by atoms with van der Waals surface area (Å²) in [7, 11) is 5.42. The molecule has 0 aliphatic carbocycles. The van der Waals surface area contributed by atoms with Crippen LogP contribution in [0.3, 0.4) is 0 Å². The molecule has 4 amide bonds. The van der Waals surface area contributed by atoms with Crippen molar-refractivity contribution in [3.05, 3.63) is 76.4 Å². The number of hydrogen-bond acceptors (Lipinski definition) is 9. The van der Waals surface area contributed by atoms with E-state index >= 15 is 0 Å². The lowest BCUT2D eigenvalue weighted by Crippen LogP contribution is -2.35. The number of benzene rings is 2. The van der Waals surface area contributed by atoms with E-state index in [-0.39, 0.29) is 31.7 Å². The SMILES string of the molecule is C.CCn1nc(C)c2c1C(=O)Nc1nc3cc(C(N)=O)ccc3n1CCCCn1c(nc3c(N(C)C(=O)CN(C)C)cccc31)NC(=O)c1cc(C)nn1CCCCC2. The molecule has 0 radical (unpaired) electrons. The number of carbonyl (C=O) groups excluding carboxylic acids is 4. The van der Waals surface area contributed by atoms with Crippen LogP contribution in [-0.2, 0) is 37.4 Å². The van der Waals surface area contributed by atoms with Crippen LogP contribution in [-0.4, -0.2) is 94.9 Å². The highest BCUT2D eigenvalue weighted by molar-refractivity contribution is 6.06. The monoisotopic (exact) mass is 805 g/mol. The Morgan fingerprint density at radius 2 is 1.53 bits per heavy atom. The fourth-order valence-electron chi connectivity index (χ4n) is 7.75. The van der Waals surface area contributed by atoms with E-state index in [1.807, 2.05) is 67.1 Å². The Kier molecular flexibility index (Phi) is 12.6. The predicted octanol–water partition coefficient (Wildman–Crippen LogP) is 5.39. The lowest BCUT2D eigenvalue weighted by molar-refractivity contribution is -0.118. The number of aromatic nitrogens is 8. The van der Waals surface area contributed by atoms with Gasteiger partial charge in [0.05, 0.1) is 40.2 Å². The highest BCUT2D eigenvalue weighted by atomic mass is 16.2. The Bertz CT molecular complexity index is 2540. The van der Waals surface area contributed by atoms with E-state index in [1.165, 1.54) is 0 Å². The van der Waals surface area contributed by atoms with Gasteiger partial charge in [-0.05, 0) is 103 Å². The van der Waals surface area contributed by atoms with Crippen LogP contribution in [0.15, 0.2) is 42.5 Å². The van der Waals surface area contributed by atoms with Crippen LogP contribution < -0.4 is 21.3 Å². The van der Waals surface area contributed by atoms with Crippen LogP contribution in [0.1, 0.15) is 94.7 Å². The van der Waals surface area contributed by atoms with E-state index in [0.717, 1.165) is 47.2 Å². The van der Waals surface area contributed by atoms with Gasteiger partial charge in [-0.2, -0.15) is 10.2 Å². The van der Waals surface area contributed by atoms with Gasteiger partial charge in [-0.25, -0.2) is 9.97 Å². The van der Waals surface area contributed by atoms with Crippen LogP contribution in [0.4, 0.5) is 17.6 Å². The maximum absolute atomic E-state index is 14.2. The fourth-order valence-corrected chi connectivity index (χ4v) is 7.75. The van der Waals surface area contributed by atoms with E-state index in [2.05, 4.69) is 15.7 Å². The van der Waals surface area contributed by atoms with Gasteiger partial charge < -0.3 is 24.7 Å². The second-order valence-electron chi connectivity index (χ2n) is 15.1. The maximum atomic E-state index is 14.2. The van der Waals surface area contributed by atoms with Gasteiger partial charge in [0.25, 0.3) is 11.8 Å². The highest BCUT2D eigenvalue weighted by Gasteiger charge is 2.25. The van der Waals surface area contributed by atoms with Crippen LogP contribution in [0.25, 0.3) is 22.1 Å². The number of nitrogens with two attached hydrogens (primary N) is 1. The zero-order valence-corrected chi connectivity index (χ0v) is 34.0. The van der Waals surface area contributed by atoms with E-state index in [1.54, 1.807) is 45.6 Å². The first kappa shape index (κ1) is 42.3. The van der Waals surface area contributed by atoms with Crippen LogP contribution in [0.2, 0.25) is 0 Å². The van der Waals surface area contributed by atoms with Crippen molar-refractivity contribution in [2.75, 3.05) is 43.2 Å². The molecular weight excluding hydrogens is 751 g/mol. The van der Waals surface area contributed by atoms with Gasteiger partial charge in [0.15, 0.2) is 0 Å². The molecule has 1 aliphatic rings. The molecule has 0 spiro atoms. The summed E-state index contributed by atoms with van der Waals surface area (Å²) in [6.07, 6.45) is 4.31. The molecule has 0 unspecified atom stereocenters. The summed E-state index contributed by atoms with van der Waals surface area (Å²) < 4.78 is 7.40. The Morgan fingerprint density at radius 1 is 0.831 bits per heavy atom. The molecule has 1 aliphatic heterocycles. The molecule has 59 heavy (non-hydrogen) atoms. The lowest BCUT2D eigenvalue weighted by atomic mass is 10.0. The minimum Gasteiger partial charge on any atom is -0.366 e. The normalized spacial score (nSPS) is 14.4. The first-order valence-electron chi connectivity index (χ1n) is 19.8. The first-order chi connectivity index (χ1) is 27.8. The van der Waals surface area contributed by atoms with Gasteiger partial charge in [-0.1, -0.05) is 19.9 Å². The minimum absolute atomic E-state index is 0. The molecule has 4 N–H and O–H groups in total. The number of primary amides is 1. The number of nitrogens with zero attached hydrogens (tertiary/aromatic N) is 10. The molecule has 0 atom stereocenters. The fraction of sp³-hybridized carbons (Fsp3) is 0.429. The smallest absolute Gasteiger partial charge is 0.276 e. The molecule has 0 saturated carbocycles. The average Bonchev–Trinajstić information content (AvgIpc) is 3.92. The summed E-state index contributed by atoms with van der Waals surface area (Å²) in [6.45, 7) is 7.96. The van der Waals surface area contributed by atoms with E-state index in [4.69, 9.17) is 20.8 Å². The molecule has 5 heterocycles. The zero-order chi connectivity index (χ0) is 41.2. The van der Waals surface area contributed by atoms with Gasteiger partial charge in [-0.3, -0.25) is 39.2 Å². The summed E-state index contributed by atoms with van der Waals surface area (Å²) in [5.74, 6) is -0.601. The summed E-state index contributed by atoms with van der Waals surface area (Å²) in [5, 5.41) is 15.5. The third kappa shape index (κ3) is 8.60. The van der Waals surface area contributed by atoms with Crippen molar-refractivity contribution in [1.29, 1.82) is 0 Å². The lowest BCUT2D eigenvalue weighted by Gasteiger charge is -2.20. The molecule has 17 nitrogen and oxygen atoms in total. The van der Waals surface area contributed by atoms with Crippen molar-refractivity contribution in [3.8, 4) is 0 Å². The van der Waals surface area contributed by atoms with Gasteiger partial charge in [0.1, 0.15) is 16.9 Å². The van der Waals surface area contributed by atoms with Crippen LogP contribution in [0, 0.1) is 13.8 Å². The number of imidazole rings is 2. The van der Waals surface area contributed by atoms with E-state index in [0.29, 0.717) is 91.0 Å². The average molecular weight is 806 g/mol. The van der Waals surface area contributed by atoms with Crippen molar-refractivity contribution < 1.29 is 19.2 Å². The number of rotatable bonds is 5. The number of carbonyl (C=O) groups is 4. The Morgan fingerprint density at radius 3 is 2.24 bits per heavy atom. The molecule has 2 aromatic carbocycles. The van der Waals surface area contributed by atoms with Crippen LogP contribution in [0.5, 0.6) is 0 Å². The minimum atomic E-state index is -0.569. The number of anilines is 3. The number of nitrogens with one attached hydrogen (secondary N) is 2. The summed E-state index contributed by atoms with van der Waals surface area (Å²) in [5.41, 5.74) is 12.5. The third-order valence-electron chi connectivity index (χ3n) is 10.6. The third-order valence-corrected chi connectivity index (χ3v) is 10.6. The second kappa shape index (κ2) is 17.6. The number of aryl methyl sites for hydroxylation is 6. The molecule has 17 heteroatoms. The Labute approximate surface area is 343 Å². The number of para-hydroxylation sites is 1. The molecule has 6 aromatic rings.